The lowest BCUT2D eigenvalue weighted by Crippen LogP contribution is -2.49. The van der Waals surface area contributed by atoms with Crippen LogP contribution in [0.4, 0.5) is 0 Å². The Kier molecular flexibility index (Phi) is 3.76. The van der Waals surface area contributed by atoms with Crippen molar-refractivity contribution in [3.63, 3.8) is 0 Å². The number of likely N-dealkylation sites (tertiary alicyclic amines) is 1. The summed E-state index contributed by atoms with van der Waals surface area (Å²) in [6.45, 7) is 7.17. The molecule has 1 saturated carbocycles. The molecule has 0 bridgehead atoms. The molecule has 1 aromatic rings. The number of methoxy groups -OCH3 is 1. The van der Waals surface area contributed by atoms with Gasteiger partial charge in [-0.05, 0) is 63.3 Å². The topological polar surface area (TPSA) is 12.5 Å². The van der Waals surface area contributed by atoms with Gasteiger partial charge in [0.25, 0.3) is 0 Å². The third-order valence-electron chi connectivity index (χ3n) is 5.63. The maximum absolute atomic E-state index is 5.44. The Morgan fingerprint density at radius 1 is 1.30 bits per heavy atom. The minimum Gasteiger partial charge on any atom is -0.497 e. The molecule has 110 valence electrons. The Bertz CT molecular complexity index is 470. The van der Waals surface area contributed by atoms with Gasteiger partial charge in [-0.1, -0.05) is 18.6 Å². The monoisotopic (exact) mass is 273 g/mol. The molecule has 0 spiro atoms. The third-order valence-corrected chi connectivity index (χ3v) is 5.63. The van der Waals surface area contributed by atoms with E-state index in [1.807, 2.05) is 0 Å². The predicted octanol–water partition coefficient (Wildman–Crippen LogP) is 3.85. The maximum Gasteiger partial charge on any atom is 0.119 e. The minimum absolute atomic E-state index is 0.417. The summed E-state index contributed by atoms with van der Waals surface area (Å²) in [5, 5.41) is 0. The molecule has 1 heterocycles. The van der Waals surface area contributed by atoms with Crippen molar-refractivity contribution in [2.75, 3.05) is 20.2 Å². The maximum atomic E-state index is 5.44. The zero-order valence-electron chi connectivity index (χ0n) is 13.1. The molecule has 1 saturated heterocycles. The quantitative estimate of drug-likeness (QED) is 0.829. The number of hydrogen-bond donors (Lipinski definition) is 0. The second kappa shape index (κ2) is 5.40. The van der Waals surface area contributed by atoms with E-state index >= 15 is 0 Å². The Morgan fingerprint density at radius 3 is 2.90 bits per heavy atom. The molecule has 2 fully saturated rings. The minimum atomic E-state index is 0.417. The van der Waals surface area contributed by atoms with Crippen LogP contribution in [0.15, 0.2) is 24.3 Å². The molecule has 2 atom stereocenters. The molecular weight excluding hydrogens is 246 g/mol. The zero-order chi connectivity index (χ0) is 14.2. The number of rotatable bonds is 3. The third kappa shape index (κ3) is 2.24. The number of ether oxygens (including phenoxy) is 1. The van der Waals surface area contributed by atoms with E-state index in [-0.39, 0.29) is 0 Å². The first-order chi connectivity index (χ1) is 9.65. The molecule has 1 aromatic carbocycles. The van der Waals surface area contributed by atoms with Gasteiger partial charge in [0.05, 0.1) is 7.11 Å². The van der Waals surface area contributed by atoms with Gasteiger partial charge in [-0.2, -0.15) is 0 Å². The molecule has 1 aliphatic carbocycles. The van der Waals surface area contributed by atoms with Gasteiger partial charge in [-0.25, -0.2) is 0 Å². The van der Waals surface area contributed by atoms with Crippen molar-refractivity contribution in [1.29, 1.82) is 0 Å². The molecule has 2 heteroatoms. The number of hydrogen-bond acceptors (Lipinski definition) is 2. The zero-order valence-corrected chi connectivity index (χ0v) is 13.1. The molecular formula is C18H27NO. The first-order valence-corrected chi connectivity index (χ1v) is 8.04. The van der Waals surface area contributed by atoms with E-state index in [1.54, 1.807) is 7.11 Å². The van der Waals surface area contributed by atoms with Crippen molar-refractivity contribution in [1.82, 2.24) is 4.90 Å². The van der Waals surface area contributed by atoms with E-state index in [4.69, 9.17) is 4.74 Å². The number of benzene rings is 1. The fourth-order valence-corrected chi connectivity index (χ4v) is 4.38. The summed E-state index contributed by atoms with van der Waals surface area (Å²) < 4.78 is 5.44. The summed E-state index contributed by atoms with van der Waals surface area (Å²) >= 11 is 0. The molecule has 0 N–H and O–H groups in total. The van der Waals surface area contributed by atoms with Crippen LogP contribution in [0.2, 0.25) is 0 Å². The van der Waals surface area contributed by atoms with Crippen LogP contribution < -0.4 is 4.74 Å². The lowest BCUT2D eigenvalue weighted by Gasteiger charge is -2.46. The average Bonchev–Trinajstić information content (AvgIpc) is 2.91. The highest BCUT2D eigenvalue weighted by molar-refractivity contribution is 5.36. The van der Waals surface area contributed by atoms with Crippen LogP contribution >= 0.6 is 0 Å². The number of piperidine rings is 1. The molecule has 2 nitrogen and oxygen atoms in total. The van der Waals surface area contributed by atoms with E-state index in [9.17, 15) is 0 Å². The number of fused-ring (bicyclic) bond motifs is 1. The second-order valence-electron chi connectivity index (χ2n) is 6.82. The summed E-state index contributed by atoms with van der Waals surface area (Å²) in [5.74, 6) is 1.83. The van der Waals surface area contributed by atoms with Gasteiger partial charge in [0.2, 0.25) is 0 Å². The van der Waals surface area contributed by atoms with Crippen molar-refractivity contribution >= 4 is 0 Å². The lowest BCUT2D eigenvalue weighted by atomic mass is 9.67. The molecule has 0 radical (unpaired) electrons. The lowest BCUT2D eigenvalue weighted by molar-refractivity contribution is 0.0868. The predicted molar refractivity (Wildman–Crippen MR) is 83.3 cm³/mol. The van der Waals surface area contributed by atoms with Crippen molar-refractivity contribution in [3.05, 3.63) is 29.8 Å². The van der Waals surface area contributed by atoms with E-state index in [1.165, 1.54) is 44.3 Å². The normalized spacial score (nSPS) is 30.5. The van der Waals surface area contributed by atoms with Gasteiger partial charge in [0.1, 0.15) is 5.75 Å². The van der Waals surface area contributed by atoms with E-state index in [2.05, 4.69) is 43.0 Å². The smallest absolute Gasteiger partial charge is 0.119 e. The van der Waals surface area contributed by atoms with E-state index < -0.39 is 0 Å². The average molecular weight is 273 g/mol. The Morgan fingerprint density at radius 2 is 2.15 bits per heavy atom. The molecule has 1 aliphatic heterocycles. The van der Waals surface area contributed by atoms with Gasteiger partial charge >= 0.3 is 0 Å². The van der Waals surface area contributed by atoms with Crippen molar-refractivity contribution in [2.24, 2.45) is 5.92 Å². The van der Waals surface area contributed by atoms with E-state index in [0.29, 0.717) is 11.5 Å². The van der Waals surface area contributed by atoms with Gasteiger partial charge in [0, 0.05) is 18.0 Å². The molecule has 2 unspecified atom stereocenters. The largest absolute Gasteiger partial charge is 0.497 e. The molecule has 0 amide bonds. The van der Waals surface area contributed by atoms with Crippen LogP contribution in [0.5, 0.6) is 5.75 Å². The Hall–Kier alpha value is -1.02. The summed E-state index contributed by atoms with van der Waals surface area (Å²) in [6, 6.07) is 9.51. The first kappa shape index (κ1) is 13.9. The molecule has 0 aromatic heterocycles. The van der Waals surface area contributed by atoms with Crippen LogP contribution in [0.25, 0.3) is 0 Å². The highest BCUT2D eigenvalue weighted by atomic mass is 16.5. The van der Waals surface area contributed by atoms with Gasteiger partial charge in [0.15, 0.2) is 0 Å². The fraction of sp³-hybridized carbons (Fsp3) is 0.667. The highest BCUT2D eigenvalue weighted by Crippen LogP contribution is 2.51. The standard InChI is InChI=1S/C18H27NO/c1-14(2)19-11-10-18(9-5-7-16(18)13-19)15-6-4-8-17(12-15)20-3/h4,6,8,12,14,16H,5,7,9-11,13H2,1-3H3. The van der Waals surface area contributed by atoms with Gasteiger partial charge in [-0.3, -0.25) is 0 Å². The Labute approximate surface area is 123 Å². The van der Waals surface area contributed by atoms with Crippen LogP contribution in [-0.2, 0) is 5.41 Å². The van der Waals surface area contributed by atoms with Crippen molar-refractivity contribution in [3.8, 4) is 5.75 Å². The first-order valence-electron chi connectivity index (χ1n) is 8.04. The highest BCUT2D eigenvalue weighted by Gasteiger charge is 2.47. The molecule has 3 rings (SSSR count). The van der Waals surface area contributed by atoms with Crippen molar-refractivity contribution < 1.29 is 4.74 Å². The summed E-state index contributed by atoms with van der Waals surface area (Å²) in [7, 11) is 1.77. The SMILES string of the molecule is COc1cccc(C23CCCC2CN(C(C)C)CC3)c1. The second-order valence-corrected chi connectivity index (χ2v) is 6.82. The van der Waals surface area contributed by atoms with Crippen molar-refractivity contribution in [2.45, 2.75) is 51.0 Å². The summed E-state index contributed by atoms with van der Waals surface area (Å²) in [6.07, 6.45) is 5.44. The Balaban J connectivity index is 1.90. The van der Waals surface area contributed by atoms with Crippen LogP contribution in [0.1, 0.15) is 45.1 Å². The van der Waals surface area contributed by atoms with Gasteiger partial charge < -0.3 is 9.64 Å². The van der Waals surface area contributed by atoms with Crippen LogP contribution in [0.3, 0.4) is 0 Å². The van der Waals surface area contributed by atoms with Crippen LogP contribution in [-0.4, -0.2) is 31.1 Å². The number of nitrogens with zero attached hydrogens (tertiary/aromatic N) is 1. The summed E-state index contributed by atoms with van der Waals surface area (Å²) in [5.41, 5.74) is 1.93. The molecule has 2 aliphatic rings. The van der Waals surface area contributed by atoms with Gasteiger partial charge in [-0.15, -0.1) is 0 Å². The van der Waals surface area contributed by atoms with Crippen LogP contribution in [0, 0.1) is 5.92 Å². The molecule has 20 heavy (non-hydrogen) atoms. The van der Waals surface area contributed by atoms with E-state index in [0.717, 1.165) is 11.7 Å². The summed E-state index contributed by atoms with van der Waals surface area (Å²) in [4.78, 5) is 2.66. The fourth-order valence-electron chi connectivity index (χ4n) is 4.38.